The van der Waals surface area contributed by atoms with Gasteiger partial charge in [0.15, 0.2) is 0 Å². The first-order valence-corrected chi connectivity index (χ1v) is 8.42. The Morgan fingerprint density at radius 2 is 1.81 bits per heavy atom. The molecule has 2 heterocycles. The van der Waals surface area contributed by atoms with E-state index in [4.69, 9.17) is 5.73 Å². The van der Waals surface area contributed by atoms with Crippen molar-refractivity contribution in [3.05, 3.63) is 18.5 Å². The predicted molar refractivity (Wildman–Crippen MR) is 113 cm³/mol. The lowest BCUT2D eigenvalue weighted by molar-refractivity contribution is -0.121. The summed E-state index contributed by atoms with van der Waals surface area (Å²) < 4.78 is 0. The third kappa shape index (κ3) is 10.3. The zero-order valence-corrected chi connectivity index (χ0v) is 17.6. The monoisotopic (exact) mass is 428 g/mol. The van der Waals surface area contributed by atoms with Crippen LogP contribution in [0.4, 0.5) is 5.95 Å². The summed E-state index contributed by atoms with van der Waals surface area (Å²) in [6.45, 7) is 7.59. The summed E-state index contributed by atoms with van der Waals surface area (Å²) >= 11 is 0. The van der Waals surface area contributed by atoms with Crippen molar-refractivity contribution in [2.45, 2.75) is 32.2 Å². The highest BCUT2D eigenvalue weighted by atomic mass is 35.5. The minimum atomic E-state index is 0. The maximum atomic E-state index is 11.6. The summed E-state index contributed by atoms with van der Waals surface area (Å²) in [4.78, 5) is 24.8. The average molecular weight is 430 g/mol. The Morgan fingerprint density at radius 3 is 2.38 bits per heavy atom. The van der Waals surface area contributed by atoms with Crippen LogP contribution >= 0.6 is 37.2 Å². The summed E-state index contributed by atoms with van der Waals surface area (Å²) in [6.07, 6.45) is 5.81. The third-order valence-corrected chi connectivity index (χ3v) is 4.01. The van der Waals surface area contributed by atoms with Gasteiger partial charge in [-0.05, 0) is 32.4 Å². The number of piperazine rings is 1. The highest BCUT2D eigenvalue weighted by Gasteiger charge is 2.18. The average Bonchev–Trinajstić information content (AvgIpc) is 2.58. The zero-order valence-electron chi connectivity index (χ0n) is 15.2. The number of anilines is 1. The molecule has 1 saturated heterocycles. The van der Waals surface area contributed by atoms with Gasteiger partial charge >= 0.3 is 0 Å². The molecule has 0 bridgehead atoms. The molecule has 1 fully saturated rings. The number of hydrogen-bond donors (Lipinski definition) is 2. The van der Waals surface area contributed by atoms with E-state index in [2.05, 4.69) is 25.1 Å². The minimum Gasteiger partial charge on any atom is -0.356 e. The van der Waals surface area contributed by atoms with Gasteiger partial charge in [-0.2, -0.15) is 0 Å². The van der Waals surface area contributed by atoms with E-state index in [1.54, 1.807) is 12.4 Å². The van der Waals surface area contributed by atoms with Gasteiger partial charge in [0.05, 0.1) is 0 Å². The molecule has 0 radical (unpaired) electrons. The lowest BCUT2D eigenvalue weighted by atomic mass is 10.2. The first-order chi connectivity index (χ1) is 11.1. The Kier molecular flexibility index (Phi) is 16.0. The molecule has 7 nitrogen and oxygen atoms in total. The maximum Gasteiger partial charge on any atom is 0.225 e. The largest absolute Gasteiger partial charge is 0.356 e. The highest BCUT2D eigenvalue weighted by molar-refractivity contribution is 5.86. The van der Waals surface area contributed by atoms with Gasteiger partial charge in [0.2, 0.25) is 11.9 Å². The first-order valence-electron chi connectivity index (χ1n) is 8.42. The van der Waals surface area contributed by atoms with E-state index in [1.165, 1.54) is 0 Å². The van der Waals surface area contributed by atoms with Crippen molar-refractivity contribution >= 4 is 49.1 Å². The number of nitrogens with zero attached hydrogens (tertiary/aromatic N) is 4. The number of halogens is 3. The number of carbonyl (C=O) groups excluding carboxylic acids is 1. The van der Waals surface area contributed by atoms with Crippen molar-refractivity contribution < 1.29 is 4.79 Å². The molecule has 1 amide bonds. The molecule has 2 rings (SSSR count). The molecule has 0 saturated carbocycles. The fourth-order valence-corrected chi connectivity index (χ4v) is 2.60. The lowest BCUT2D eigenvalue weighted by Gasteiger charge is -2.34. The summed E-state index contributed by atoms with van der Waals surface area (Å²) in [5.41, 5.74) is 5.65. The number of carbonyl (C=O) groups is 1. The molecule has 26 heavy (non-hydrogen) atoms. The fraction of sp³-hybridized carbons (Fsp3) is 0.688. The van der Waals surface area contributed by atoms with Gasteiger partial charge in [0.25, 0.3) is 0 Å². The van der Waals surface area contributed by atoms with E-state index in [-0.39, 0.29) is 49.2 Å². The van der Waals surface area contributed by atoms with Crippen molar-refractivity contribution in [3.63, 3.8) is 0 Å². The van der Waals surface area contributed by atoms with Crippen LogP contribution in [-0.2, 0) is 4.79 Å². The molecule has 1 atom stereocenters. The van der Waals surface area contributed by atoms with Crippen LogP contribution in [0.1, 0.15) is 26.2 Å². The molecule has 1 aromatic rings. The molecular formula is C16H31Cl3N6O. The van der Waals surface area contributed by atoms with Crippen molar-refractivity contribution in [3.8, 4) is 0 Å². The maximum absolute atomic E-state index is 11.6. The number of nitrogens with two attached hydrogens (primary N) is 1. The molecule has 3 N–H and O–H groups in total. The normalized spacial score (nSPS) is 15.1. The van der Waals surface area contributed by atoms with E-state index < -0.39 is 0 Å². The zero-order chi connectivity index (χ0) is 16.5. The van der Waals surface area contributed by atoms with Gasteiger partial charge in [0.1, 0.15) is 0 Å². The summed E-state index contributed by atoms with van der Waals surface area (Å²) in [6, 6.07) is 1.92. The van der Waals surface area contributed by atoms with Crippen LogP contribution in [0.15, 0.2) is 18.5 Å². The number of hydrogen-bond acceptors (Lipinski definition) is 6. The van der Waals surface area contributed by atoms with E-state index in [0.717, 1.165) is 58.1 Å². The molecule has 10 heteroatoms. The summed E-state index contributed by atoms with van der Waals surface area (Å²) in [5.74, 6) is 0.918. The van der Waals surface area contributed by atoms with Crippen LogP contribution < -0.4 is 16.0 Å². The Hall–Kier alpha value is -0.860. The quantitative estimate of drug-likeness (QED) is 0.609. The third-order valence-electron chi connectivity index (χ3n) is 4.01. The van der Waals surface area contributed by atoms with Gasteiger partial charge in [-0.15, -0.1) is 37.2 Å². The molecule has 1 aliphatic rings. The molecule has 0 aliphatic carbocycles. The first kappa shape index (κ1) is 27.4. The molecule has 1 aromatic heterocycles. The lowest BCUT2D eigenvalue weighted by Crippen LogP contribution is -2.47. The Balaban J connectivity index is 0. The second-order valence-electron chi connectivity index (χ2n) is 6.10. The van der Waals surface area contributed by atoms with Gasteiger partial charge in [-0.25, -0.2) is 9.97 Å². The number of nitrogens with one attached hydrogen (secondary N) is 1. The van der Waals surface area contributed by atoms with Crippen molar-refractivity contribution in [1.29, 1.82) is 0 Å². The van der Waals surface area contributed by atoms with Crippen LogP contribution in [0, 0.1) is 0 Å². The van der Waals surface area contributed by atoms with Gasteiger partial charge in [-0.3, -0.25) is 9.69 Å². The molecule has 1 aliphatic heterocycles. The molecule has 0 aromatic carbocycles. The Bertz CT molecular complexity index is 472. The summed E-state index contributed by atoms with van der Waals surface area (Å²) in [7, 11) is 0. The van der Waals surface area contributed by atoms with E-state index in [1.807, 2.05) is 13.0 Å². The van der Waals surface area contributed by atoms with Crippen LogP contribution in [0.2, 0.25) is 0 Å². The number of aromatic nitrogens is 2. The van der Waals surface area contributed by atoms with Crippen LogP contribution in [-0.4, -0.2) is 66.1 Å². The van der Waals surface area contributed by atoms with E-state index in [0.29, 0.717) is 6.42 Å². The van der Waals surface area contributed by atoms with Crippen LogP contribution in [0.3, 0.4) is 0 Å². The Labute approximate surface area is 174 Å². The summed E-state index contributed by atoms with van der Waals surface area (Å²) in [5, 5.41) is 2.96. The molecule has 1 unspecified atom stereocenters. The predicted octanol–water partition coefficient (Wildman–Crippen LogP) is 1.50. The minimum absolute atomic E-state index is 0. The van der Waals surface area contributed by atoms with Gasteiger partial charge in [-0.1, -0.05) is 0 Å². The second-order valence-corrected chi connectivity index (χ2v) is 6.10. The van der Waals surface area contributed by atoms with Gasteiger partial charge in [0, 0.05) is 57.6 Å². The molecule has 152 valence electrons. The standard InChI is InChI=1S/C16H28N6O.3ClH/c1-14(17)4-5-15(23)18-8-3-9-21-10-12-22(13-11-21)16-19-6-2-7-20-16;;;/h2,6-7,14H,3-5,8-13,17H2,1H3,(H,18,23);3*1H. The van der Waals surface area contributed by atoms with E-state index in [9.17, 15) is 4.79 Å². The van der Waals surface area contributed by atoms with E-state index >= 15 is 0 Å². The van der Waals surface area contributed by atoms with Crippen molar-refractivity contribution in [2.75, 3.05) is 44.2 Å². The van der Waals surface area contributed by atoms with Crippen molar-refractivity contribution in [1.82, 2.24) is 20.2 Å². The van der Waals surface area contributed by atoms with Gasteiger partial charge < -0.3 is 16.0 Å². The second kappa shape index (κ2) is 15.2. The van der Waals surface area contributed by atoms with Crippen LogP contribution in [0.25, 0.3) is 0 Å². The molecule has 0 spiro atoms. The molecular weight excluding hydrogens is 399 g/mol. The van der Waals surface area contributed by atoms with Crippen molar-refractivity contribution in [2.24, 2.45) is 5.73 Å². The number of amides is 1. The topological polar surface area (TPSA) is 87.4 Å². The fourth-order valence-electron chi connectivity index (χ4n) is 2.60. The highest BCUT2D eigenvalue weighted by Crippen LogP contribution is 2.09. The van der Waals surface area contributed by atoms with Crippen LogP contribution in [0.5, 0.6) is 0 Å². The Morgan fingerprint density at radius 1 is 1.19 bits per heavy atom. The smallest absolute Gasteiger partial charge is 0.225 e. The number of rotatable bonds is 8. The SMILES string of the molecule is CC(N)CCC(=O)NCCCN1CCN(c2ncccn2)CC1.Cl.Cl.Cl.